The molecule has 0 atom stereocenters. The van der Waals surface area contributed by atoms with E-state index in [2.05, 4.69) is 23.7 Å². The molecule has 0 aliphatic heterocycles. The van der Waals surface area contributed by atoms with Crippen LogP contribution in [0.1, 0.15) is 25.1 Å². The van der Waals surface area contributed by atoms with Gasteiger partial charge in [0.15, 0.2) is 11.5 Å². The Morgan fingerprint density at radius 3 is 2.29 bits per heavy atom. The fourth-order valence-electron chi connectivity index (χ4n) is 3.62. The molecule has 3 aromatic rings. The van der Waals surface area contributed by atoms with Crippen molar-refractivity contribution in [3.8, 4) is 17.2 Å². The van der Waals surface area contributed by atoms with E-state index in [1.807, 2.05) is 12.1 Å². The van der Waals surface area contributed by atoms with Crippen molar-refractivity contribution in [1.82, 2.24) is 14.3 Å². The highest BCUT2D eigenvalue weighted by molar-refractivity contribution is 6.30. The molecule has 3 rings (SSSR count). The van der Waals surface area contributed by atoms with Gasteiger partial charge in [0.25, 0.3) is 5.56 Å². The summed E-state index contributed by atoms with van der Waals surface area (Å²) in [6, 6.07) is 8.93. The maximum Gasteiger partial charge on any atom is 0.258 e. The van der Waals surface area contributed by atoms with Crippen LogP contribution in [0, 0.1) is 5.92 Å². The molecule has 1 aromatic carbocycles. The highest BCUT2D eigenvalue weighted by atomic mass is 35.5. The number of aromatic nitrogens is 2. The van der Waals surface area contributed by atoms with Gasteiger partial charge in [-0.25, -0.2) is 4.98 Å². The third-order valence-electron chi connectivity index (χ3n) is 4.82. The number of rotatable bonds is 9. The Morgan fingerprint density at radius 1 is 1.03 bits per heavy atom. The maximum atomic E-state index is 12.6. The summed E-state index contributed by atoms with van der Waals surface area (Å²) < 4.78 is 17.8. The summed E-state index contributed by atoms with van der Waals surface area (Å²) in [6.07, 6.45) is 1.58. The van der Waals surface area contributed by atoms with Crippen LogP contribution in [0.4, 0.5) is 0 Å². The number of fused-ring (bicyclic) bond motifs is 1. The van der Waals surface area contributed by atoms with Crippen molar-refractivity contribution >= 4 is 17.2 Å². The second kappa shape index (κ2) is 10.0. The summed E-state index contributed by atoms with van der Waals surface area (Å²) in [4.78, 5) is 19.5. The molecule has 0 fully saturated rings. The van der Waals surface area contributed by atoms with Gasteiger partial charge in [0.05, 0.1) is 32.0 Å². The van der Waals surface area contributed by atoms with Crippen molar-refractivity contribution in [3.63, 3.8) is 0 Å². The van der Waals surface area contributed by atoms with Crippen molar-refractivity contribution in [2.24, 2.45) is 5.92 Å². The molecular weight excluding hydrogens is 418 g/mol. The molecule has 166 valence electrons. The minimum atomic E-state index is -0.153. The van der Waals surface area contributed by atoms with Gasteiger partial charge in [0.2, 0.25) is 5.75 Å². The van der Waals surface area contributed by atoms with Crippen molar-refractivity contribution in [1.29, 1.82) is 0 Å². The zero-order chi connectivity index (χ0) is 22.5. The number of hydrogen-bond acceptors (Lipinski definition) is 6. The van der Waals surface area contributed by atoms with E-state index < -0.39 is 0 Å². The Balaban J connectivity index is 1.92. The molecule has 0 spiro atoms. The van der Waals surface area contributed by atoms with Crippen LogP contribution in [0.2, 0.25) is 5.02 Å². The Bertz CT molecular complexity index is 1090. The van der Waals surface area contributed by atoms with E-state index in [0.717, 1.165) is 12.1 Å². The summed E-state index contributed by atoms with van der Waals surface area (Å²) in [5.74, 6) is 2.22. The molecule has 2 heterocycles. The lowest BCUT2D eigenvalue weighted by Gasteiger charge is -2.25. The molecule has 2 aromatic heterocycles. The van der Waals surface area contributed by atoms with Crippen molar-refractivity contribution < 1.29 is 14.2 Å². The second-order valence-corrected chi connectivity index (χ2v) is 8.19. The van der Waals surface area contributed by atoms with Gasteiger partial charge in [-0.3, -0.25) is 14.1 Å². The number of halogens is 1. The third kappa shape index (κ3) is 5.48. The first-order chi connectivity index (χ1) is 14.8. The van der Waals surface area contributed by atoms with Gasteiger partial charge in [-0.15, -0.1) is 0 Å². The third-order valence-corrected chi connectivity index (χ3v) is 5.04. The largest absolute Gasteiger partial charge is 0.493 e. The van der Waals surface area contributed by atoms with E-state index in [4.69, 9.17) is 25.8 Å². The van der Waals surface area contributed by atoms with Crippen LogP contribution in [0.15, 0.2) is 41.3 Å². The number of nitrogens with zero attached hydrogens (tertiary/aromatic N) is 3. The molecular formula is C23H28ClN3O4. The van der Waals surface area contributed by atoms with E-state index in [9.17, 15) is 4.79 Å². The summed E-state index contributed by atoms with van der Waals surface area (Å²) in [5.41, 5.74) is 2.14. The first-order valence-corrected chi connectivity index (χ1v) is 10.4. The lowest BCUT2D eigenvalue weighted by Crippen LogP contribution is -2.28. The van der Waals surface area contributed by atoms with Gasteiger partial charge >= 0.3 is 0 Å². The topological polar surface area (TPSA) is 65.3 Å². The molecule has 0 aliphatic rings. The van der Waals surface area contributed by atoms with Crippen LogP contribution in [0.3, 0.4) is 0 Å². The number of ether oxygens (including phenoxy) is 3. The van der Waals surface area contributed by atoms with Crippen molar-refractivity contribution in [2.75, 3.05) is 27.9 Å². The van der Waals surface area contributed by atoms with Gasteiger partial charge in [-0.1, -0.05) is 25.4 Å². The number of pyridine rings is 1. The lowest BCUT2D eigenvalue weighted by molar-refractivity contribution is 0.224. The van der Waals surface area contributed by atoms with Crippen LogP contribution in [-0.4, -0.2) is 42.2 Å². The molecule has 0 aliphatic carbocycles. The quantitative estimate of drug-likeness (QED) is 0.495. The fourth-order valence-corrected chi connectivity index (χ4v) is 3.78. The zero-order valence-electron chi connectivity index (χ0n) is 18.5. The van der Waals surface area contributed by atoms with E-state index in [1.54, 1.807) is 45.7 Å². The standard InChI is InChI=1S/C23H28ClN3O4/c1-15(2)11-26(12-16-8-19(29-3)23(31-5)20(9-16)30-4)14-18-10-22(28)27-13-17(24)6-7-21(27)25-18/h6-10,13,15H,11-12,14H2,1-5H3. The predicted molar refractivity (Wildman–Crippen MR) is 122 cm³/mol. The van der Waals surface area contributed by atoms with Gasteiger partial charge in [-0.05, 0) is 35.7 Å². The summed E-state index contributed by atoms with van der Waals surface area (Å²) in [7, 11) is 4.79. The Morgan fingerprint density at radius 2 is 1.71 bits per heavy atom. The molecule has 0 bridgehead atoms. The van der Waals surface area contributed by atoms with Crippen LogP contribution in [0.5, 0.6) is 17.2 Å². The van der Waals surface area contributed by atoms with Gasteiger partial charge in [-0.2, -0.15) is 0 Å². The molecule has 0 amide bonds. The first-order valence-electron chi connectivity index (χ1n) is 10.0. The minimum absolute atomic E-state index is 0.153. The van der Waals surface area contributed by atoms with E-state index in [1.165, 1.54) is 4.40 Å². The van der Waals surface area contributed by atoms with Crippen molar-refractivity contribution in [2.45, 2.75) is 26.9 Å². The Kier molecular flexibility index (Phi) is 7.41. The monoisotopic (exact) mass is 445 g/mol. The van der Waals surface area contributed by atoms with Crippen LogP contribution < -0.4 is 19.8 Å². The SMILES string of the molecule is COc1cc(CN(Cc2cc(=O)n3cc(Cl)ccc3n2)CC(C)C)cc(OC)c1OC. The smallest absolute Gasteiger partial charge is 0.258 e. The summed E-state index contributed by atoms with van der Waals surface area (Å²) in [6.45, 7) is 6.32. The van der Waals surface area contributed by atoms with Crippen molar-refractivity contribution in [3.05, 3.63) is 63.2 Å². The Hall–Kier alpha value is -2.77. The van der Waals surface area contributed by atoms with Crippen LogP contribution in [0.25, 0.3) is 5.65 Å². The van der Waals surface area contributed by atoms with E-state index >= 15 is 0 Å². The number of hydrogen-bond donors (Lipinski definition) is 0. The molecule has 0 radical (unpaired) electrons. The Labute approximate surface area is 187 Å². The average Bonchev–Trinajstić information content (AvgIpc) is 2.73. The first kappa shape index (κ1) is 22.9. The second-order valence-electron chi connectivity index (χ2n) is 7.76. The number of benzene rings is 1. The predicted octanol–water partition coefficient (Wildman–Crippen LogP) is 4.03. The van der Waals surface area contributed by atoms with E-state index in [-0.39, 0.29) is 5.56 Å². The molecule has 0 N–H and O–H groups in total. The zero-order valence-corrected chi connectivity index (χ0v) is 19.3. The van der Waals surface area contributed by atoms with Gasteiger partial charge in [0, 0.05) is 31.9 Å². The maximum absolute atomic E-state index is 12.6. The number of methoxy groups -OCH3 is 3. The molecule has 8 heteroatoms. The highest BCUT2D eigenvalue weighted by Crippen LogP contribution is 2.38. The van der Waals surface area contributed by atoms with Crippen LogP contribution in [-0.2, 0) is 13.1 Å². The lowest BCUT2D eigenvalue weighted by atomic mass is 10.1. The van der Waals surface area contributed by atoms with Gasteiger partial charge < -0.3 is 14.2 Å². The van der Waals surface area contributed by atoms with Crippen LogP contribution >= 0.6 is 11.6 Å². The average molecular weight is 446 g/mol. The fraction of sp³-hybridized carbons (Fsp3) is 0.391. The summed E-state index contributed by atoms with van der Waals surface area (Å²) in [5, 5.41) is 0.494. The molecule has 0 saturated carbocycles. The van der Waals surface area contributed by atoms with E-state index in [0.29, 0.717) is 52.6 Å². The minimum Gasteiger partial charge on any atom is -0.493 e. The molecule has 0 saturated heterocycles. The molecule has 31 heavy (non-hydrogen) atoms. The highest BCUT2D eigenvalue weighted by Gasteiger charge is 2.17. The molecule has 0 unspecified atom stereocenters. The normalized spacial score (nSPS) is 11.4. The summed E-state index contributed by atoms with van der Waals surface area (Å²) >= 11 is 6.01. The molecule has 7 nitrogen and oxygen atoms in total. The van der Waals surface area contributed by atoms with Gasteiger partial charge in [0.1, 0.15) is 5.65 Å².